The largest absolute Gasteiger partial charge is 0.494 e. The minimum atomic E-state index is -0.340. The maximum Gasteiger partial charge on any atom is 0.329 e. The van der Waals surface area contributed by atoms with Crippen LogP contribution in [-0.2, 0) is 11.8 Å². The molecule has 0 spiro atoms. The molecule has 2 aromatic carbocycles. The Bertz CT molecular complexity index is 1490. The Morgan fingerprint density at radius 1 is 1.14 bits per heavy atom. The van der Waals surface area contributed by atoms with Gasteiger partial charge >= 0.3 is 5.69 Å². The summed E-state index contributed by atoms with van der Waals surface area (Å²) in [6.07, 6.45) is 6.68. The van der Waals surface area contributed by atoms with E-state index < -0.39 is 0 Å². The second-order valence-corrected chi connectivity index (χ2v) is 10.3. The highest BCUT2D eigenvalue weighted by molar-refractivity contribution is 6.04. The van der Waals surface area contributed by atoms with Crippen LogP contribution in [0.5, 0.6) is 5.75 Å². The van der Waals surface area contributed by atoms with Crippen molar-refractivity contribution in [1.29, 1.82) is 0 Å². The lowest BCUT2D eigenvalue weighted by molar-refractivity contribution is 0.106. The first kappa shape index (κ1) is 24.1. The van der Waals surface area contributed by atoms with Crippen molar-refractivity contribution in [3.05, 3.63) is 58.9 Å². The van der Waals surface area contributed by atoms with Gasteiger partial charge in [0.1, 0.15) is 11.6 Å². The monoisotopic (exact) mass is 504 g/mol. The summed E-state index contributed by atoms with van der Waals surface area (Å²) in [5.74, 6) is 0.441. The molecule has 0 unspecified atom stereocenters. The third-order valence-electron chi connectivity index (χ3n) is 8.06. The van der Waals surface area contributed by atoms with Gasteiger partial charge in [0, 0.05) is 43.8 Å². The number of ether oxygens (including phenoxy) is 2. The molecule has 0 N–H and O–H groups in total. The van der Waals surface area contributed by atoms with Gasteiger partial charge in [0.2, 0.25) is 0 Å². The van der Waals surface area contributed by atoms with Crippen molar-refractivity contribution in [3.8, 4) is 16.9 Å². The van der Waals surface area contributed by atoms with Crippen LogP contribution in [0, 0.1) is 5.82 Å². The second-order valence-electron chi connectivity index (χ2n) is 10.3. The van der Waals surface area contributed by atoms with Crippen LogP contribution in [0.1, 0.15) is 38.1 Å². The van der Waals surface area contributed by atoms with Gasteiger partial charge < -0.3 is 14.4 Å². The van der Waals surface area contributed by atoms with Crippen molar-refractivity contribution in [2.75, 3.05) is 33.4 Å². The minimum absolute atomic E-state index is 0.0396. The SMILES string of the molecule is CO[C@@H]1CC[C@@H](n2c(=O)n(C)c3cnc4cc(F)c(-c5ccc(OCCCN6CCC6)cc5)cc4c32)C1. The molecule has 4 aromatic rings. The van der Waals surface area contributed by atoms with Gasteiger partial charge in [0.15, 0.2) is 0 Å². The molecule has 1 aliphatic heterocycles. The first-order chi connectivity index (χ1) is 18.0. The zero-order chi connectivity index (χ0) is 25.5. The molecular weight excluding hydrogens is 471 g/mol. The van der Waals surface area contributed by atoms with Crippen molar-refractivity contribution in [2.24, 2.45) is 7.05 Å². The highest BCUT2D eigenvalue weighted by atomic mass is 19.1. The minimum Gasteiger partial charge on any atom is -0.494 e. The van der Waals surface area contributed by atoms with Gasteiger partial charge in [-0.2, -0.15) is 0 Å². The summed E-state index contributed by atoms with van der Waals surface area (Å²) in [4.78, 5) is 20.2. The molecule has 2 aliphatic rings. The first-order valence-electron chi connectivity index (χ1n) is 13.2. The second kappa shape index (κ2) is 9.91. The van der Waals surface area contributed by atoms with E-state index in [1.807, 2.05) is 34.9 Å². The van der Waals surface area contributed by atoms with E-state index in [-0.39, 0.29) is 23.7 Å². The summed E-state index contributed by atoms with van der Waals surface area (Å²) in [5, 5.41) is 0.777. The molecule has 1 aliphatic carbocycles. The molecule has 2 fully saturated rings. The fourth-order valence-electron chi connectivity index (χ4n) is 5.79. The summed E-state index contributed by atoms with van der Waals surface area (Å²) in [6.45, 7) is 4.13. The number of fused-ring (bicyclic) bond motifs is 3. The number of methoxy groups -OCH3 is 1. The number of nitrogens with zero attached hydrogens (tertiary/aromatic N) is 4. The lowest BCUT2D eigenvalue weighted by Gasteiger charge is -2.30. The summed E-state index contributed by atoms with van der Waals surface area (Å²) >= 11 is 0. The molecule has 37 heavy (non-hydrogen) atoms. The number of imidazole rings is 1. The zero-order valence-corrected chi connectivity index (χ0v) is 21.5. The number of pyridine rings is 1. The number of aromatic nitrogens is 3. The van der Waals surface area contributed by atoms with Gasteiger partial charge in [0.05, 0.1) is 35.5 Å². The first-order valence-corrected chi connectivity index (χ1v) is 13.2. The summed E-state index contributed by atoms with van der Waals surface area (Å²) in [7, 11) is 3.49. The Hall–Kier alpha value is -3.23. The Morgan fingerprint density at radius 2 is 1.95 bits per heavy atom. The standard InChI is InChI=1S/C29H33FN4O3/c1-32-27-18-31-26-17-25(30)23(19-5-8-21(9-6-19)37-14-4-13-33-11-3-12-33)16-24(26)28(27)34(29(32)35)20-7-10-22(15-20)36-2/h5-6,8-9,16-18,20,22H,3-4,7,10-15H2,1-2H3/t20-,22-/m1/s1. The maximum absolute atomic E-state index is 15.3. The van der Waals surface area contributed by atoms with E-state index in [4.69, 9.17) is 9.47 Å². The van der Waals surface area contributed by atoms with E-state index in [1.54, 1.807) is 24.9 Å². The quantitative estimate of drug-likeness (QED) is 0.319. The lowest BCUT2D eigenvalue weighted by atomic mass is 10.0. The van der Waals surface area contributed by atoms with E-state index >= 15 is 4.39 Å². The topological polar surface area (TPSA) is 61.5 Å². The van der Waals surface area contributed by atoms with Crippen molar-refractivity contribution in [3.63, 3.8) is 0 Å². The molecule has 1 saturated carbocycles. The van der Waals surface area contributed by atoms with E-state index in [0.29, 0.717) is 17.7 Å². The molecule has 0 bridgehead atoms. The highest BCUT2D eigenvalue weighted by Gasteiger charge is 2.30. The van der Waals surface area contributed by atoms with Crippen molar-refractivity contribution < 1.29 is 13.9 Å². The number of hydrogen-bond donors (Lipinski definition) is 0. The average molecular weight is 505 g/mol. The third-order valence-corrected chi connectivity index (χ3v) is 8.06. The number of likely N-dealkylation sites (tertiary alicyclic amines) is 1. The molecule has 2 aromatic heterocycles. The number of aryl methyl sites for hydroxylation is 1. The molecule has 7 nitrogen and oxygen atoms in total. The third kappa shape index (κ3) is 4.42. The normalized spacial score (nSPS) is 20.1. The molecule has 194 valence electrons. The average Bonchev–Trinajstić information content (AvgIpc) is 3.45. The van der Waals surface area contributed by atoms with Gasteiger partial charge in [0.25, 0.3) is 0 Å². The molecule has 0 radical (unpaired) electrons. The summed E-state index contributed by atoms with van der Waals surface area (Å²) < 4.78 is 30.3. The number of benzene rings is 2. The van der Waals surface area contributed by atoms with Crippen LogP contribution in [0.25, 0.3) is 33.1 Å². The van der Waals surface area contributed by atoms with E-state index in [9.17, 15) is 4.79 Å². The van der Waals surface area contributed by atoms with Crippen LogP contribution in [0.3, 0.4) is 0 Å². The van der Waals surface area contributed by atoms with Crippen LogP contribution in [0.2, 0.25) is 0 Å². The number of halogens is 1. The van der Waals surface area contributed by atoms with Crippen LogP contribution < -0.4 is 10.4 Å². The van der Waals surface area contributed by atoms with Crippen LogP contribution in [0.15, 0.2) is 47.4 Å². The Kier molecular flexibility index (Phi) is 6.46. The molecule has 8 heteroatoms. The lowest BCUT2D eigenvalue weighted by Crippen LogP contribution is -2.38. The smallest absolute Gasteiger partial charge is 0.329 e. The van der Waals surface area contributed by atoms with Crippen molar-refractivity contribution in [1.82, 2.24) is 19.0 Å². The molecule has 3 heterocycles. The van der Waals surface area contributed by atoms with Gasteiger partial charge in [-0.3, -0.25) is 14.1 Å². The zero-order valence-electron chi connectivity index (χ0n) is 21.5. The maximum atomic E-state index is 15.3. The Labute approximate surface area is 215 Å². The number of hydrogen-bond acceptors (Lipinski definition) is 5. The van der Waals surface area contributed by atoms with Crippen molar-refractivity contribution >= 4 is 21.9 Å². The summed E-state index contributed by atoms with van der Waals surface area (Å²) in [6, 6.07) is 10.9. The Morgan fingerprint density at radius 3 is 2.65 bits per heavy atom. The van der Waals surface area contributed by atoms with Crippen molar-refractivity contribution in [2.45, 2.75) is 44.2 Å². The molecule has 1 saturated heterocycles. The molecular formula is C29H33FN4O3. The molecule has 6 rings (SSSR count). The van der Waals surface area contributed by atoms with Gasteiger partial charge in [-0.25, -0.2) is 9.18 Å². The highest BCUT2D eigenvalue weighted by Crippen LogP contribution is 2.36. The Balaban J connectivity index is 1.34. The molecule has 2 atom stereocenters. The van der Waals surface area contributed by atoms with Gasteiger partial charge in [-0.1, -0.05) is 12.1 Å². The van der Waals surface area contributed by atoms with E-state index in [1.165, 1.54) is 25.6 Å². The number of rotatable bonds is 8. The van der Waals surface area contributed by atoms with E-state index in [0.717, 1.165) is 60.0 Å². The predicted octanol–water partition coefficient (Wildman–Crippen LogP) is 4.91. The summed E-state index contributed by atoms with van der Waals surface area (Å²) in [5.41, 5.74) is 3.26. The van der Waals surface area contributed by atoms with Crippen LogP contribution in [0.4, 0.5) is 4.39 Å². The van der Waals surface area contributed by atoms with Crippen LogP contribution in [-0.4, -0.2) is 58.5 Å². The fraction of sp³-hybridized carbons (Fsp3) is 0.448. The van der Waals surface area contributed by atoms with Crippen LogP contribution >= 0.6 is 0 Å². The van der Waals surface area contributed by atoms with Gasteiger partial charge in [-0.05, 0) is 69.0 Å². The molecule has 0 amide bonds. The van der Waals surface area contributed by atoms with E-state index in [2.05, 4.69) is 9.88 Å². The van der Waals surface area contributed by atoms with Gasteiger partial charge in [-0.15, -0.1) is 0 Å². The predicted molar refractivity (Wildman–Crippen MR) is 143 cm³/mol. The fourth-order valence-corrected chi connectivity index (χ4v) is 5.79.